The monoisotopic (exact) mass is 405 g/mol. The fourth-order valence-electron chi connectivity index (χ4n) is 4.84. The second kappa shape index (κ2) is 9.12. The van der Waals surface area contributed by atoms with Gasteiger partial charge < -0.3 is 15.0 Å². The Bertz CT molecular complexity index is 660. The Labute approximate surface area is 173 Å². The van der Waals surface area contributed by atoms with E-state index >= 15 is 0 Å². The highest BCUT2D eigenvalue weighted by atomic mass is 35.5. The average Bonchev–Trinajstić information content (AvgIpc) is 3.09. The van der Waals surface area contributed by atoms with Crippen molar-refractivity contribution < 1.29 is 9.53 Å². The van der Waals surface area contributed by atoms with E-state index in [4.69, 9.17) is 16.3 Å². The topological polar surface area (TPSA) is 44.8 Å². The van der Waals surface area contributed by atoms with Gasteiger partial charge in [-0.15, -0.1) is 0 Å². The van der Waals surface area contributed by atoms with Crippen LogP contribution in [-0.4, -0.2) is 67.6 Å². The number of carbonyl (C=O) groups is 1. The Morgan fingerprint density at radius 3 is 2.71 bits per heavy atom. The van der Waals surface area contributed by atoms with Crippen LogP contribution in [0.15, 0.2) is 24.3 Å². The number of ether oxygens (including phenoxy) is 1. The quantitative estimate of drug-likeness (QED) is 0.817. The van der Waals surface area contributed by atoms with Gasteiger partial charge in [0.15, 0.2) is 0 Å². The zero-order valence-corrected chi connectivity index (χ0v) is 17.5. The molecule has 3 heterocycles. The van der Waals surface area contributed by atoms with Gasteiger partial charge >= 0.3 is 0 Å². The van der Waals surface area contributed by atoms with Crippen LogP contribution in [0.2, 0.25) is 5.02 Å². The predicted molar refractivity (Wildman–Crippen MR) is 112 cm³/mol. The predicted octanol–water partition coefficient (Wildman–Crippen LogP) is 3.09. The first kappa shape index (κ1) is 20.1. The molecule has 3 atom stereocenters. The van der Waals surface area contributed by atoms with E-state index in [-0.39, 0.29) is 18.1 Å². The number of likely N-dealkylation sites (tertiary alicyclic amines) is 1. The molecule has 154 valence electrons. The van der Waals surface area contributed by atoms with E-state index in [1.165, 1.54) is 31.5 Å². The van der Waals surface area contributed by atoms with Crippen LogP contribution in [0.4, 0.5) is 0 Å². The maximum absolute atomic E-state index is 12.4. The van der Waals surface area contributed by atoms with Gasteiger partial charge in [0, 0.05) is 36.6 Å². The summed E-state index contributed by atoms with van der Waals surface area (Å²) >= 11 is 6.00. The summed E-state index contributed by atoms with van der Waals surface area (Å²) in [4.78, 5) is 17.3. The van der Waals surface area contributed by atoms with E-state index in [1.54, 1.807) is 0 Å². The Morgan fingerprint density at radius 1 is 1.21 bits per heavy atom. The highest BCUT2D eigenvalue weighted by Crippen LogP contribution is 2.31. The Kier molecular flexibility index (Phi) is 6.56. The smallest absolute Gasteiger partial charge is 0.220 e. The van der Waals surface area contributed by atoms with Gasteiger partial charge in [0.2, 0.25) is 5.91 Å². The van der Waals surface area contributed by atoms with Gasteiger partial charge in [-0.3, -0.25) is 9.69 Å². The number of rotatable bonds is 5. The highest BCUT2D eigenvalue weighted by molar-refractivity contribution is 6.30. The summed E-state index contributed by atoms with van der Waals surface area (Å²) in [6, 6.07) is 8.61. The van der Waals surface area contributed by atoms with Gasteiger partial charge in [-0.1, -0.05) is 23.7 Å². The van der Waals surface area contributed by atoms with E-state index in [9.17, 15) is 4.79 Å². The first-order chi connectivity index (χ1) is 13.6. The largest absolute Gasteiger partial charge is 0.371 e. The van der Waals surface area contributed by atoms with E-state index in [0.29, 0.717) is 18.4 Å². The zero-order valence-electron chi connectivity index (χ0n) is 16.8. The van der Waals surface area contributed by atoms with Crippen molar-refractivity contribution >= 4 is 17.5 Å². The van der Waals surface area contributed by atoms with E-state index in [2.05, 4.69) is 22.2 Å². The standard InChI is InChI=1S/C22H32ClN3O2/c1-25-10-8-16(9-11-25)2-7-22(27)24-19-12-20-15-28-21(14-26(20)13-19)17-3-5-18(23)6-4-17/h3-6,16,19-21H,2,7-15H2,1H3,(H,24,27)/t19-,20+,21-/m1/s1. The molecule has 6 heteroatoms. The van der Waals surface area contributed by atoms with Crippen LogP contribution in [0.3, 0.4) is 0 Å². The molecule has 3 saturated heterocycles. The highest BCUT2D eigenvalue weighted by Gasteiger charge is 2.38. The van der Waals surface area contributed by atoms with Gasteiger partial charge in [-0.25, -0.2) is 0 Å². The summed E-state index contributed by atoms with van der Waals surface area (Å²) in [6.07, 6.45) is 5.24. The van der Waals surface area contributed by atoms with Crippen LogP contribution < -0.4 is 5.32 Å². The number of nitrogens with zero attached hydrogens (tertiary/aromatic N) is 2. The number of nitrogens with one attached hydrogen (secondary N) is 1. The lowest BCUT2D eigenvalue weighted by Gasteiger charge is -2.35. The molecule has 0 spiro atoms. The third-order valence-electron chi connectivity index (χ3n) is 6.64. The van der Waals surface area contributed by atoms with E-state index in [1.807, 2.05) is 24.3 Å². The van der Waals surface area contributed by atoms with Gasteiger partial charge in [-0.05, 0) is 69.4 Å². The molecule has 0 bridgehead atoms. The number of halogens is 1. The SMILES string of the molecule is CN1CCC(CCC(=O)N[C@@H]2C[C@H]3CO[C@@H](c4ccc(Cl)cc4)CN3C2)CC1. The van der Waals surface area contributed by atoms with Crippen molar-refractivity contribution in [2.24, 2.45) is 5.92 Å². The van der Waals surface area contributed by atoms with Gasteiger partial charge in [-0.2, -0.15) is 0 Å². The number of fused-ring (bicyclic) bond motifs is 1. The van der Waals surface area contributed by atoms with Crippen LogP contribution in [-0.2, 0) is 9.53 Å². The van der Waals surface area contributed by atoms with Crippen molar-refractivity contribution in [3.05, 3.63) is 34.9 Å². The lowest BCUT2D eigenvalue weighted by Crippen LogP contribution is -2.43. The molecule has 0 radical (unpaired) electrons. The summed E-state index contributed by atoms with van der Waals surface area (Å²) < 4.78 is 6.11. The van der Waals surface area contributed by atoms with Crippen LogP contribution in [0, 0.1) is 5.92 Å². The average molecular weight is 406 g/mol. The van der Waals surface area contributed by atoms with E-state index < -0.39 is 0 Å². The molecule has 1 amide bonds. The zero-order chi connectivity index (χ0) is 19.5. The molecule has 1 aromatic rings. The van der Waals surface area contributed by atoms with Crippen molar-refractivity contribution in [1.29, 1.82) is 0 Å². The van der Waals surface area contributed by atoms with Gasteiger partial charge in [0.25, 0.3) is 0 Å². The fraction of sp³-hybridized carbons (Fsp3) is 0.682. The molecule has 0 aromatic heterocycles. The molecule has 0 aliphatic carbocycles. The van der Waals surface area contributed by atoms with Gasteiger partial charge in [0.05, 0.1) is 12.7 Å². The second-order valence-electron chi connectivity index (χ2n) is 8.77. The van der Waals surface area contributed by atoms with E-state index in [0.717, 1.165) is 37.6 Å². The molecule has 3 aliphatic rings. The summed E-state index contributed by atoms with van der Waals surface area (Å²) in [7, 11) is 2.18. The van der Waals surface area contributed by atoms with Crippen LogP contribution >= 0.6 is 11.6 Å². The number of benzene rings is 1. The molecule has 0 unspecified atom stereocenters. The van der Waals surface area contributed by atoms with Crippen molar-refractivity contribution in [2.75, 3.05) is 39.8 Å². The lowest BCUT2D eigenvalue weighted by atomic mass is 9.92. The third-order valence-corrected chi connectivity index (χ3v) is 6.89. The van der Waals surface area contributed by atoms with Crippen LogP contribution in [0.5, 0.6) is 0 Å². The van der Waals surface area contributed by atoms with Crippen LogP contribution in [0.25, 0.3) is 0 Å². The molecular formula is C22H32ClN3O2. The first-order valence-electron chi connectivity index (χ1n) is 10.7. The molecule has 3 fully saturated rings. The van der Waals surface area contributed by atoms with Crippen molar-refractivity contribution in [3.8, 4) is 0 Å². The molecule has 5 nitrogen and oxygen atoms in total. The van der Waals surface area contributed by atoms with Crippen molar-refractivity contribution in [1.82, 2.24) is 15.1 Å². The summed E-state index contributed by atoms with van der Waals surface area (Å²) in [6.45, 7) is 4.88. The normalized spacial score (nSPS) is 29.6. The van der Waals surface area contributed by atoms with Crippen LogP contribution in [0.1, 0.15) is 43.8 Å². The number of piperidine rings is 1. The molecule has 1 aromatic carbocycles. The van der Waals surface area contributed by atoms with Gasteiger partial charge in [0.1, 0.15) is 0 Å². The molecule has 1 N–H and O–H groups in total. The summed E-state index contributed by atoms with van der Waals surface area (Å²) in [5, 5.41) is 4.03. The number of carbonyl (C=O) groups excluding carboxylic acids is 1. The Morgan fingerprint density at radius 2 is 1.96 bits per heavy atom. The summed E-state index contributed by atoms with van der Waals surface area (Å²) in [5.41, 5.74) is 1.17. The minimum Gasteiger partial charge on any atom is -0.371 e. The minimum atomic E-state index is 0.0902. The molecule has 4 rings (SSSR count). The molecule has 28 heavy (non-hydrogen) atoms. The van der Waals surface area contributed by atoms with Crippen molar-refractivity contribution in [2.45, 2.75) is 50.3 Å². The fourth-order valence-corrected chi connectivity index (χ4v) is 4.97. The first-order valence-corrected chi connectivity index (χ1v) is 11.0. The minimum absolute atomic E-state index is 0.0902. The number of hydrogen-bond donors (Lipinski definition) is 1. The summed E-state index contributed by atoms with van der Waals surface area (Å²) in [5.74, 6) is 0.935. The number of hydrogen-bond acceptors (Lipinski definition) is 4. The van der Waals surface area contributed by atoms with Crippen molar-refractivity contribution in [3.63, 3.8) is 0 Å². The number of amides is 1. The third kappa shape index (κ3) is 5.07. The number of morpholine rings is 1. The lowest BCUT2D eigenvalue weighted by molar-refractivity contribution is -0.122. The molecule has 0 saturated carbocycles. The maximum atomic E-state index is 12.4. The Hall–Kier alpha value is -1.14. The Balaban J connectivity index is 1.21. The maximum Gasteiger partial charge on any atom is 0.220 e. The molecule has 3 aliphatic heterocycles. The molecular weight excluding hydrogens is 374 g/mol. The second-order valence-corrected chi connectivity index (χ2v) is 9.20.